The number of aryl methyl sites for hydroxylation is 1. The van der Waals surface area contributed by atoms with Gasteiger partial charge in [0.2, 0.25) is 0 Å². The molecule has 0 aliphatic rings. The molecule has 2 rings (SSSR count). The van der Waals surface area contributed by atoms with E-state index in [1.54, 1.807) is 6.07 Å². The molecule has 2 aromatic carbocycles. The Balaban J connectivity index is 2.17. The second-order valence-corrected chi connectivity index (χ2v) is 6.63. The summed E-state index contributed by atoms with van der Waals surface area (Å²) in [6.07, 6.45) is 0. The lowest BCUT2D eigenvalue weighted by Crippen LogP contribution is -2.29. The van der Waals surface area contributed by atoms with Crippen molar-refractivity contribution in [2.45, 2.75) is 26.7 Å². The van der Waals surface area contributed by atoms with Crippen molar-refractivity contribution >= 4 is 46.4 Å². The molecule has 126 valence electrons. The molecule has 0 fully saturated rings. The molecule has 0 aliphatic carbocycles. The van der Waals surface area contributed by atoms with Gasteiger partial charge in [-0.2, -0.15) is 0 Å². The standard InChI is InChI=1S/C18H18Cl2N2O2/c1-10(2)15-6-4-5-11(3)16(15)22-18(24)17(23)21-14-8-12(19)7-13(20)9-14/h4-10H,1-3H3,(H,21,23)(H,22,24). The van der Waals surface area contributed by atoms with Crippen molar-refractivity contribution in [2.24, 2.45) is 0 Å². The quantitative estimate of drug-likeness (QED) is 0.752. The van der Waals surface area contributed by atoms with Crippen LogP contribution in [0.15, 0.2) is 36.4 Å². The fourth-order valence-corrected chi connectivity index (χ4v) is 2.85. The molecule has 0 atom stereocenters. The third-order valence-corrected chi connectivity index (χ3v) is 3.93. The van der Waals surface area contributed by atoms with E-state index in [9.17, 15) is 9.59 Å². The second kappa shape index (κ2) is 7.69. The number of hydrogen-bond acceptors (Lipinski definition) is 2. The van der Waals surface area contributed by atoms with Gasteiger partial charge < -0.3 is 10.6 Å². The maximum absolute atomic E-state index is 12.2. The summed E-state index contributed by atoms with van der Waals surface area (Å²) in [6, 6.07) is 10.3. The van der Waals surface area contributed by atoms with Crippen LogP contribution in [0.5, 0.6) is 0 Å². The van der Waals surface area contributed by atoms with Crippen LogP contribution in [0.2, 0.25) is 10.0 Å². The van der Waals surface area contributed by atoms with Gasteiger partial charge in [0.05, 0.1) is 0 Å². The normalized spacial score (nSPS) is 10.6. The van der Waals surface area contributed by atoms with E-state index in [1.807, 2.05) is 39.0 Å². The van der Waals surface area contributed by atoms with Crippen LogP contribution in [0.1, 0.15) is 30.9 Å². The predicted molar refractivity (Wildman–Crippen MR) is 99.0 cm³/mol. The zero-order chi connectivity index (χ0) is 17.9. The Labute approximate surface area is 151 Å². The summed E-state index contributed by atoms with van der Waals surface area (Å²) in [6.45, 7) is 5.94. The molecule has 24 heavy (non-hydrogen) atoms. The molecule has 6 heteroatoms. The van der Waals surface area contributed by atoms with E-state index in [2.05, 4.69) is 10.6 Å². The highest BCUT2D eigenvalue weighted by Crippen LogP contribution is 2.27. The minimum absolute atomic E-state index is 0.218. The lowest BCUT2D eigenvalue weighted by atomic mass is 9.98. The Morgan fingerprint density at radius 2 is 1.54 bits per heavy atom. The summed E-state index contributed by atoms with van der Waals surface area (Å²) in [5.41, 5.74) is 2.90. The summed E-state index contributed by atoms with van der Waals surface area (Å²) >= 11 is 11.8. The Bertz CT molecular complexity index is 768. The van der Waals surface area contributed by atoms with E-state index >= 15 is 0 Å². The first-order chi connectivity index (χ1) is 11.3. The zero-order valence-electron chi connectivity index (χ0n) is 13.6. The number of halogens is 2. The number of carbonyl (C=O) groups excluding carboxylic acids is 2. The predicted octanol–water partition coefficient (Wildman–Crippen LogP) is 5.00. The fourth-order valence-electron chi connectivity index (χ4n) is 2.33. The van der Waals surface area contributed by atoms with E-state index in [0.29, 0.717) is 21.4 Å². The first-order valence-corrected chi connectivity index (χ1v) is 8.21. The van der Waals surface area contributed by atoms with Crippen LogP contribution >= 0.6 is 23.2 Å². The molecule has 0 saturated heterocycles. The van der Waals surface area contributed by atoms with Crippen molar-refractivity contribution < 1.29 is 9.59 Å². The van der Waals surface area contributed by atoms with Crippen molar-refractivity contribution in [2.75, 3.05) is 10.6 Å². The zero-order valence-corrected chi connectivity index (χ0v) is 15.1. The van der Waals surface area contributed by atoms with Gasteiger partial charge in [0.1, 0.15) is 0 Å². The highest BCUT2D eigenvalue weighted by molar-refractivity contribution is 6.44. The van der Waals surface area contributed by atoms with Gasteiger partial charge in [-0.05, 0) is 42.2 Å². The van der Waals surface area contributed by atoms with Crippen molar-refractivity contribution in [3.05, 3.63) is 57.6 Å². The number of carbonyl (C=O) groups is 2. The maximum atomic E-state index is 12.2. The monoisotopic (exact) mass is 364 g/mol. The van der Waals surface area contributed by atoms with Crippen molar-refractivity contribution in [3.63, 3.8) is 0 Å². The van der Waals surface area contributed by atoms with Gasteiger partial charge >= 0.3 is 11.8 Å². The summed E-state index contributed by atoms with van der Waals surface area (Å²) in [5.74, 6) is -1.32. The van der Waals surface area contributed by atoms with Gasteiger partial charge in [-0.15, -0.1) is 0 Å². The van der Waals surface area contributed by atoms with Crippen LogP contribution in [0.25, 0.3) is 0 Å². The van der Waals surface area contributed by atoms with Crippen LogP contribution in [0.3, 0.4) is 0 Å². The average Bonchev–Trinajstić information content (AvgIpc) is 2.47. The fraction of sp³-hybridized carbons (Fsp3) is 0.222. The molecule has 0 aliphatic heterocycles. The largest absolute Gasteiger partial charge is 0.318 e. The van der Waals surface area contributed by atoms with E-state index < -0.39 is 11.8 Å². The molecule has 0 bridgehead atoms. The minimum atomic E-state index is -0.786. The van der Waals surface area contributed by atoms with Gasteiger partial charge in [0, 0.05) is 21.4 Å². The van der Waals surface area contributed by atoms with E-state index in [-0.39, 0.29) is 5.92 Å². The van der Waals surface area contributed by atoms with Gasteiger partial charge in [-0.3, -0.25) is 9.59 Å². The van der Waals surface area contributed by atoms with Crippen LogP contribution in [-0.4, -0.2) is 11.8 Å². The van der Waals surface area contributed by atoms with E-state index in [4.69, 9.17) is 23.2 Å². The SMILES string of the molecule is Cc1cccc(C(C)C)c1NC(=O)C(=O)Nc1cc(Cl)cc(Cl)c1. The van der Waals surface area contributed by atoms with Gasteiger partial charge in [-0.25, -0.2) is 0 Å². The molecule has 4 nitrogen and oxygen atoms in total. The van der Waals surface area contributed by atoms with Gasteiger partial charge in [0.15, 0.2) is 0 Å². The first-order valence-electron chi connectivity index (χ1n) is 7.46. The Morgan fingerprint density at radius 1 is 0.958 bits per heavy atom. The topological polar surface area (TPSA) is 58.2 Å². The smallest absolute Gasteiger partial charge is 0.314 e. The van der Waals surface area contributed by atoms with Crippen molar-refractivity contribution in [1.29, 1.82) is 0 Å². The lowest BCUT2D eigenvalue weighted by molar-refractivity contribution is -0.133. The molecule has 0 aromatic heterocycles. The Morgan fingerprint density at radius 3 is 2.12 bits per heavy atom. The highest BCUT2D eigenvalue weighted by atomic mass is 35.5. The molecule has 2 amide bonds. The number of para-hydroxylation sites is 1. The molecule has 0 unspecified atom stereocenters. The molecule has 0 spiro atoms. The molecule has 2 N–H and O–H groups in total. The van der Waals surface area contributed by atoms with E-state index in [1.165, 1.54) is 12.1 Å². The minimum Gasteiger partial charge on any atom is -0.318 e. The number of rotatable bonds is 3. The number of nitrogens with one attached hydrogen (secondary N) is 2. The molecule has 0 heterocycles. The maximum Gasteiger partial charge on any atom is 0.314 e. The molecule has 2 aromatic rings. The van der Waals surface area contributed by atoms with Crippen LogP contribution < -0.4 is 10.6 Å². The van der Waals surface area contributed by atoms with Crippen LogP contribution in [0.4, 0.5) is 11.4 Å². The molecular weight excluding hydrogens is 347 g/mol. The summed E-state index contributed by atoms with van der Waals surface area (Å²) < 4.78 is 0. The third-order valence-electron chi connectivity index (χ3n) is 3.49. The number of hydrogen-bond donors (Lipinski definition) is 2. The highest BCUT2D eigenvalue weighted by Gasteiger charge is 2.18. The number of benzene rings is 2. The van der Waals surface area contributed by atoms with Crippen molar-refractivity contribution in [1.82, 2.24) is 0 Å². The average molecular weight is 365 g/mol. The van der Waals surface area contributed by atoms with Crippen LogP contribution in [0, 0.1) is 6.92 Å². The van der Waals surface area contributed by atoms with E-state index in [0.717, 1.165) is 11.1 Å². The Kier molecular flexibility index (Phi) is 5.86. The van der Waals surface area contributed by atoms with Crippen molar-refractivity contribution in [3.8, 4) is 0 Å². The summed E-state index contributed by atoms with van der Waals surface area (Å²) in [4.78, 5) is 24.3. The number of anilines is 2. The molecular formula is C18H18Cl2N2O2. The molecule has 0 saturated carbocycles. The molecule has 0 radical (unpaired) electrons. The van der Waals surface area contributed by atoms with Gasteiger partial charge in [0.25, 0.3) is 0 Å². The Hall–Kier alpha value is -2.04. The first kappa shape index (κ1) is 18.3. The summed E-state index contributed by atoms with van der Waals surface area (Å²) in [7, 11) is 0. The second-order valence-electron chi connectivity index (χ2n) is 5.76. The number of amides is 2. The lowest BCUT2D eigenvalue weighted by Gasteiger charge is -2.16. The van der Waals surface area contributed by atoms with Crippen LogP contribution in [-0.2, 0) is 9.59 Å². The van der Waals surface area contributed by atoms with Gasteiger partial charge in [-0.1, -0.05) is 55.2 Å². The summed E-state index contributed by atoms with van der Waals surface area (Å²) in [5, 5.41) is 5.93. The third kappa shape index (κ3) is 4.49.